The fraction of sp³-hybridized carbons (Fsp3) is 0.400. The molecule has 2 rings (SSSR count). The van der Waals surface area contributed by atoms with Crippen LogP contribution in [0.15, 0.2) is 30.5 Å². The standard InChI is InChI=1S/C15H21N3/c1-10-5-6-14(11(2)9-10)12(3)17-13(4)15-7-8-16-18-15/h5-9,12-13,17H,1-4H3,(H,16,18). The van der Waals surface area contributed by atoms with Gasteiger partial charge in [-0.15, -0.1) is 0 Å². The Balaban J connectivity index is 2.10. The lowest BCUT2D eigenvalue weighted by molar-refractivity contribution is 0.484. The normalized spacial score (nSPS) is 14.4. The third-order valence-corrected chi connectivity index (χ3v) is 3.38. The maximum Gasteiger partial charge on any atom is 0.0518 e. The van der Waals surface area contributed by atoms with Crippen molar-refractivity contribution in [1.29, 1.82) is 0 Å². The topological polar surface area (TPSA) is 40.7 Å². The Bertz CT molecular complexity index is 502. The molecule has 2 unspecified atom stereocenters. The molecule has 1 aromatic carbocycles. The van der Waals surface area contributed by atoms with Crippen molar-refractivity contribution in [3.05, 3.63) is 52.8 Å². The van der Waals surface area contributed by atoms with Gasteiger partial charge in [-0.1, -0.05) is 23.8 Å². The molecule has 0 amide bonds. The lowest BCUT2D eigenvalue weighted by Crippen LogP contribution is -2.23. The molecule has 2 atom stereocenters. The fourth-order valence-electron chi connectivity index (χ4n) is 2.37. The quantitative estimate of drug-likeness (QED) is 0.863. The molecule has 1 aromatic heterocycles. The second kappa shape index (κ2) is 5.36. The van der Waals surface area contributed by atoms with E-state index in [-0.39, 0.29) is 6.04 Å². The van der Waals surface area contributed by atoms with Gasteiger partial charge in [-0.25, -0.2) is 0 Å². The van der Waals surface area contributed by atoms with Crippen LogP contribution in [0, 0.1) is 13.8 Å². The minimum absolute atomic E-state index is 0.267. The summed E-state index contributed by atoms with van der Waals surface area (Å²) in [4.78, 5) is 0. The molecular weight excluding hydrogens is 222 g/mol. The van der Waals surface area contributed by atoms with Crippen molar-refractivity contribution in [1.82, 2.24) is 15.5 Å². The van der Waals surface area contributed by atoms with Crippen LogP contribution >= 0.6 is 0 Å². The second-order valence-corrected chi connectivity index (χ2v) is 4.98. The number of hydrogen-bond donors (Lipinski definition) is 2. The largest absolute Gasteiger partial charge is 0.302 e. The van der Waals surface area contributed by atoms with Gasteiger partial charge >= 0.3 is 0 Å². The van der Waals surface area contributed by atoms with Crippen LogP contribution in [0.5, 0.6) is 0 Å². The van der Waals surface area contributed by atoms with Crippen molar-refractivity contribution in [2.24, 2.45) is 0 Å². The molecule has 2 N–H and O–H groups in total. The Morgan fingerprint density at radius 1 is 1.11 bits per heavy atom. The zero-order valence-electron chi connectivity index (χ0n) is 11.5. The minimum atomic E-state index is 0.267. The summed E-state index contributed by atoms with van der Waals surface area (Å²) in [5, 5.41) is 10.6. The van der Waals surface area contributed by atoms with Gasteiger partial charge in [-0.2, -0.15) is 5.10 Å². The third-order valence-electron chi connectivity index (χ3n) is 3.38. The Morgan fingerprint density at radius 2 is 1.89 bits per heavy atom. The van der Waals surface area contributed by atoms with Gasteiger partial charge in [0.25, 0.3) is 0 Å². The smallest absolute Gasteiger partial charge is 0.0518 e. The van der Waals surface area contributed by atoms with Gasteiger partial charge in [0, 0.05) is 18.3 Å². The molecule has 0 aliphatic heterocycles. The van der Waals surface area contributed by atoms with Crippen LogP contribution in [0.25, 0.3) is 0 Å². The average Bonchev–Trinajstić information content (AvgIpc) is 2.81. The molecular formula is C15H21N3. The molecule has 0 aliphatic rings. The third kappa shape index (κ3) is 2.79. The van der Waals surface area contributed by atoms with Crippen LogP contribution in [0.1, 0.15) is 48.3 Å². The number of H-pyrrole nitrogens is 1. The van der Waals surface area contributed by atoms with Gasteiger partial charge in [0.05, 0.1) is 5.69 Å². The highest BCUT2D eigenvalue weighted by Crippen LogP contribution is 2.21. The van der Waals surface area contributed by atoms with E-state index in [4.69, 9.17) is 0 Å². The number of aromatic nitrogens is 2. The Kier molecular flexibility index (Phi) is 3.82. The molecule has 0 aliphatic carbocycles. The van der Waals surface area contributed by atoms with Crippen molar-refractivity contribution in [2.45, 2.75) is 39.8 Å². The van der Waals surface area contributed by atoms with Crippen molar-refractivity contribution < 1.29 is 0 Å². The van der Waals surface area contributed by atoms with E-state index in [2.05, 4.69) is 61.4 Å². The van der Waals surface area contributed by atoms with Crippen LogP contribution < -0.4 is 5.32 Å². The number of nitrogens with one attached hydrogen (secondary N) is 2. The Hall–Kier alpha value is -1.61. The molecule has 0 saturated carbocycles. The van der Waals surface area contributed by atoms with E-state index in [1.165, 1.54) is 16.7 Å². The lowest BCUT2D eigenvalue weighted by atomic mass is 9.99. The van der Waals surface area contributed by atoms with Gasteiger partial charge in [-0.3, -0.25) is 5.10 Å². The summed E-state index contributed by atoms with van der Waals surface area (Å²) in [6.07, 6.45) is 1.79. The van der Waals surface area contributed by atoms with Gasteiger partial charge in [0.2, 0.25) is 0 Å². The Labute approximate surface area is 109 Å². The van der Waals surface area contributed by atoms with Crippen LogP contribution in [0.4, 0.5) is 0 Å². The summed E-state index contributed by atoms with van der Waals surface area (Å²) in [5.41, 5.74) is 5.12. The molecule has 3 nitrogen and oxygen atoms in total. The number of aromatic amines is 1. The van der Waals surface area contributed by atoms with Crippen LogP contribution in [-0.2, 0) is 0 Å². The van der Waals surface area contributed by atoms with Gasteiger partial charge in [0.15, 0.2) is 0 Å². The predicted molar refractivity (Wildman–Crippen MR) is 74.5 cm³/mol. The van der Waals surface area contributed by atoms with E-state index < -0.39 is 0 Å². The first-order valence-electron chi connectivity index (χ1n) is 6.40. The molecule has 96 valence electrons. The second-order valence-electron chi connectivity index (χ2n) is 4.98. The van der Waals surface area contributed by atoms with E-state index in [1.807, 2.05) is 6.07 Å². The van der Waals surface area contributed by atoms with Crippen LogP contribution in [-0.4, -0.2) is 10.2 Å². The zero-order chi connectivity index (χ0) is 13.1. The van der Waals surface area contributed by atoms with E-state index in [0.29, 0.717) is 6.04 Å². The van der Waals surface area contributed by atoms with Crippen LogP contribution in [0.3, 0.4) is 0 Å². The van der Waals surface area contributed by atoms with Crippen molar-refractivity contribution in [2.75, 3.05) is 0 Å². The van der Waals surface area contributed by atoms with Crippen molar-refractivity contribution in [3.8, 4) is 0 Å². The molecule has 0 saturated heterocycles. The summed E-state index contributed by atoms with van der Waals surface area (Å²) in [5.74, 6) is 0. The zero-order valence-corrected chi connectivity index (χ0v) is 11.5. The molecule has 1 heterocycles. The van der Waals surface area contributed by atoms with E-state index in [9.17, 15) is 0 Å². The molecule has 2 aromatic rings. The molecule has 0 bridgehead atoms. The summed E-state index contributed by atoms with van der Waals surface area (Å²) < 4.78 is 0. The first kappa shape index (κ1) is 12.8. The highest BCUT2D eigenvalue weighted by atomic mass is 15.1. The van der Waals surface area contributed by atoms with Gasteiger partial charge in [-0.05, 0) is 44.9 Å². The summed E-state index contributed by atoms with van der Waals surface area (Å²) >= 11 is 0. The molecule has 0 radical (unpaired) electrons. The average molecular weight is 243 g/mol. The monoisotopic (exact) mass is 243 g/mol. The van der Waals surface area contributed by atoms with Crippen molar-refractivity contribution in [3.63, 3.8) is 0 Å². The molecule has 0 fully saturated rings. The minimum Gasteiger partial charge on any atom is -0.302 e. The van der Waals surface area contributed by atoms with E-state index in [1.54, 1.807) is 6.20 Å². The SMILES string of the molecule is Cc1ccc(C(C)NC(C)c2ccn[nH]2)c(C)c1. The lowest BCUT2D eigenvalue weighted by Gasteiger charge is -2.21. The fourth-order valence-corrected chi connectivity index (χ4v) is 2.37. The summed E-state index contributed by atoms with van der Waals surface area (Å²) in [6.45, 7) is 8.64. The van der Waals surface area contributed by atoms with Gasteiger partial charge in [0.1, 0.15) is 0 Å². The predicted octanol–water partition coefficient (Wildman–Crippen LogP) is 3.44. The summed E-state index contributed by atoms with van der Waals surface area (Å²) in [7, 11) is 0. The van der Waals surface area contributed by atoms with Gasteiger partial charge < -0.3 is 5.32 Å². The van der Waals surface area contributed by atoms with E-state index >= 15 is 0 Å². The maximum atomic E-state index is 3.99. The Morgan fingerprint density at radius 3 is 2.50 bits per heavy atom. The number of rotatable bonds is 4. The molecule has 0 spiro atoms. The van der Waals surface area contributed by atoms with Crippen molar-refractivity contribution >= 4 is 0 Å². The number of benzene rings is 1. The number of hydrogen-bond acceptors (Lipinski definition) is 2. The highest BCUT2D eigenvalue weighted by molar-refractivity contribution is 5.32. The number of nitrogens with zero attached hydrogens (tertiary/aromatic N) is 1. The maximum absolute atomic E-state index is 3.99. The first-order valence-corrected chi connectivity index (χ1v) is 6.40. The molecule has 18 heavy (non-hydrogen) atoms. The summed E-state index contributed by atoms with van der Waals surface area (Å²) in [6, 6.07) is 9.21. The number of aryl methyl sites for hydroxylation is 2. The first-order chi connectivity index (χ1) is 8.58. The van der Waals surface area contributed by atoms with E-state index in [0.717, 1.165) is 5.69 Å². The molecule has 3 heteroatoms. The highest BCUT2D eigenvalue weighted by Gasteiger charge is 2.13. The van der Waals surface area contributed by atoms with Crippen LogP contribution in [0.2, 0.25) is 0 Å².